The van der Waals surface area contributed by atoms with Crippen LogP contribution in [-0.2, 0) is 0 Å². The van der Waals surface area contributed by atoms with Gasteiger partial charge in [0.05, 0.1) is 23.0 Å². The molecule has 0 unspecified atom stereocenters. The summed E-state index contributed by atoms with van der Waals surface area (Å²) in [5.74, 6) is 0.568. The number of amides is 3. The molecule has 3 amide bonds. The Labute approximate surface area is 198 Å². The van der Waals surface area contributed by atoms with E-state index >= 15 is 0 Å². The van der Waals surface area contributed by atoms with Crippen molar-refractivity contribution in [1.82, 2.24) is 19.4 Å². The van der Waals surface area contributed by atoms with E-state index in [9.17, 15) is 14.0 Å². The zero-order valence-corrected chi connectivity index (χ0v) is 19.4. The minimum absolute atomic E-state index is 0.0543. The third-order valence-electron chi connectivity index (χ3n) is 7.22. The van der Waals surface area contributed by atoms with Crippen molar-refractivity contribution in [2.75, 3.05) is 31.5 Å². The normalized spacial score (nSPS) is 17.8. The van der Waals surface area contributed by atoms with E-state index in [1.54, 1.807) is 33.8 Å². The van der Waals surface area contributed by atoms with E-state index in [4.69, 9.17) is 0 Å². The van der Waals surface area contributed by atoms with Gasteiger partial charge < -0.3 is 15.1 Å². The second kappa shape index (κ2) is 9.44. The van der Waals surface area contributed by atoms with Crippen LogP contribution in [0.2, 0.25) is 0 Å². The van der Waals surface area contributed by atoms with E-state index in [0.717, 1.165) is 49.9 Å². The van der Waals surface area contributed by atoms with Crippen molar-refractivity contribution in [1.29, 1.82) is 0 Å². The lowest BCUT2D eigenvalue weighted by atomic mass is 9.89. The van der Waals surface area contributed by atoms with E-state index < -0.39 is 5.82 Å². The summed E-state index contributed by atoms with van der Waals surface area (Å²) in [6, 6.07) is 10.0. The molecule has 8 heteroatoms. The number of anilines is 1. The second-order valence-electron chi connectivity index (χ2n) is 9.49. The number of hydrogen-bond donors (Lipinski definition) is 1. The molecule has 1 aromatic carbocycles. The molecule has 0 saturated carbocycles. The maximum absolute atomic E-state index is 13.9. The van der Waals surface area contributed by atoms with Gasteiger partial charge in [0.25, 0.3) is 5.91 Å². The summed E-state index contributed by atoms with van der Waals surface area (Å²) in [6.45, 7) is 5.01. The van der Waals surface area contributed by atoms with Crippen molar-refractivity contribution >= 4 is 23.1 Å². The van der Waals surface area contributed by atoms with Crippen LogP contribution in [0.5, 0.6) is 0 Å². The second-order valence-corrected chi connectivity index (χ2v) is 9.49. The first-order valence-corrected chi connectivity index (χ1v) is 12.1. The molecule has 2 saturated heterocycles. The molecule has 2 aliphatic heterocycles. The number of rotatable bonds is 3. The number of piperidine rings is 2. The zero-order valence-electron chi connectivity index (χ0n) is 19.4. The molecule has 4 heterocycles. The predicted octanol–water partition coefficient (Wildman–Crippen LogP) is 4.76. The van der Waals surface area contributed by atoms with Crippen molar-refractivity contribution in [3.05, 3.63) is 65.7 Å². The van der Waals surface area contributed by atoms with Crippen LogP contribution in [0, 0.1) is 11.7 Å². The molecule has 1 N–H and O–H groups in total. The van der Waals surface area contributed by atoms with Crippen molar-refractivity contribution in [3.8, 4) is 0 Å². The highest BCUT2D eigenvalue weighted by Crippen LogP contribution is 2.30. The largest absolute Gasteiger partial charge is 0.339 e. The number of hydrogen-bond acceptors (Lipinski definition) is 3. The minimum atomic E-state index is -0.440. The first-order valence-electron chi connectivity index (χ1n) is 12.1. The van der Waals surface area contributed by atoms with E-state index in [1.165, 1.54) is 6.07 Å². The first kappa shape index (κ1) is 22.4. The Morgan fingerprint density at radius 2 is 1.71 bits per heavy atom. The maximum Gasteiger partial charge on any atom is 0.321 e. The fraction of sp³-hybridized carbons (Fsp3) is 0.423. The fourth-order valence-corrected chi connectivity index (χ4v) is 4.97. The summed E-state index contributed by atoms with van der Waals surface area (Å²) in [5, 5.41) is 7.06. The highest BCUT2D eigenvalue weighted by Gasteiger charge is 2.27. The quantitative estimate of drug-likeness (QED) is 0.609. The molecule has 0 radical (unpaired) electrons. The first-order chi connectivity index (χ1) is 16.5. The van der Waals surface area contributed by atoms with Gasteiger partial charge in [-0.1, -0.05) is 19.1 Å². The number of likely N-dealkylation sites (tertiary alicyclic amines) is 2. The number of fused-ring (bicyclic) bond motifs is 1. The molecule has 0 bridgehead atoms. The van der Waals surface area contributed by atoms with E-state index in [0.29, 0.717) is 24.6 Å². The summed E-state index contributed by atoms with van der Waals surface area (Å²) in [7, 11) is 0. The van der Waals surface area contributed by atoms with Crippen LogP contribution < -0.4 is 5.32 Å². The molecular weight excluding hydrogens is 433 g/mol. The average Bonchev–Trinajstić information content (AvgIpc) is 3.29. The lowest BCUT2D eigenvalue weighted by Gasteiger charge is -2.32. The van der Waals surface area contributed by atoms with Crippen molar-refractivity contribution in [2.24, 2.45) is 5.92 Å². The van der Waals surface area contributed by atoms with Crippen molar-refractivity contribution < 1.29 is 14.0 Å². The van der Waals surface area contributed by atoms with Gasteiger partial charge in [0.1, 0.15) is 5.82 Å². The van der Waals surface area contributed by atoms with Crippen LogP contribution in [-0.4, -0.2) is 57.5 Å². The Bertz CT molecular complexity index is 1190. The number of aromatic nitrogens is 2. The number of para-hydroxylation sites is 1. The number of carbonyl (C=O) groups excluding carboxylic acids is 2. The molecule has 0 spiro atoms. The van der Waals surface area contributed by atoms with Crippen LogP contribution in [0.15, 0.2) is 48.8 Å². The maximum atomic E-state index is 13.9. The molecule has 178 valence electrons. The number of pyridine rings is 1. The highest BCUT2D eigenvalue weighted by molar-refractivity contribution is 6.00. The molecule has 34 heavy (non-hydrogen) atoms. The van der Waals surface area contributed by atoms with E-state index in [2.05, 4.69) is 29.5 Å². The standard InChI is InChI=1S/C26H30FN5O2/c1-18-6-11-30(12-7-18)25(33)21-17-28-32-15-10-20(16-24(21)32)19-8-13-31(14-9-19)26(34)29-23-5-3-2-4-22(23)27/h2-5,10,15-19H,6-9,11-14H2,1H3,(H,29,34). The van der Waals surface area contributed by atoms with E-state index in [-0.39, 0.29) is 23.5 Å². The Kier molecular flexibility index (Phi) is 6.22. The lowest BCUT2D eigenvalue weighted by molar-refractivity contribution is 0.0699. The summed E-state index contributed by atoms with van der Waals surface area (Å²) < 4.78 is 15.6. The van der Waals surface area contributed by atoms with Gasteiger partial charge in [-0.25, -0.2) is 13.7 Å². The number of nitrogens with one attached hydrogen (secondary N) is 1. The van der Waals surface area contributed by atoms with Gasteiger partial charge >= 0.3 is 6.03 Å². The molecule has 2 aromatic heterocycles. The molecule has 2 fully saturated rings. The van der Waals surface area contributed by atoms with Crippen LogP contribution in [0.25, 0.3) is 5.52 Å². The van der Waals surface area contributed by atoms with Crippen molar-refractivity contribution in [3.63, 3.8) is 0 Å². The monoisotopic (exact) mass is 463 g/mol. The SMILES string of the molecule is CC1CCN(C(=O)c2cnn3ccc(C4CCN(C(=O)Nc5ccccc5F)CC4)cc23)CC1. The summed E-state index contributed by atoms with van der Waals surface area (Å²) in [6.07, 6.45) is 7.29. The Morgan fingerprint density at radius 3 is 2.44 bits per heavy atom. The lowest BCUT2D eigenvalue weighted by Crippen LogP contribution is -2.40. The van der Waals surface area contributed by atoms with Gasteiger partial charge in [-0.2, -0.15) is 5.10 Å². The number of halogens is 1. The predicted molar refractivity (Wildman–Crippen MR) is 128 cm³/mol. The van der Waals surface area contributed by atoms with Gasteiger partial charge in [-0.05, 0) is 67.3 Å². The number of urea groups is 1. The molecule has 2 aliphatic rings. The summed E-state index contributed by atoms with van der Waals surface area (Å²) in [4.78, 5) is 29.4. The zero-order chi connectivity index (χ0) is 23.7. The molecule has 3 aromatic rings. The number of benzene rings is 1. The Morgan fingerprint density at radius 1 is 1.00 bits per heavy atom. The summed E-state index contributed by atoms with van der Waals surface area (Å²) >= 11 is 0. The molecule has 0 atom stereocenters. The van der Waals surface area contributed by atoms with Gasteiger partial charge in [0.15, 0.2) is 0 Å². The Balaban J connectivity index is 1.25. The topological polar surface area (TPSA) is 70.0 Å². The van der Waals surface area contributed by atoms with Crippen LogP contribution >= 0.6 is 0 Å². The number of nitrogens with zero attached hydrogens (tertiary/aromatic N) is 4. The number of carbonyl (C=O) groups is 2. The average molecular weight is 464 g/mol. The molecule has 7 nitrogen and oxygen atoms in total. The molecule has 0 aliphatic carbocycles. The van der Waals surface area contributed by atoms with Crippen LogP contribution in [0.1, 0.15) is 54.4 Å². The van der Waals surface area contributed by atoms with Gasteiger partial charge in [0, 0.05) is 32.4 Å². The molecular formula is C26H30FN5O2. The van der Waals surface area contributed by atoms with Crippen LogP contribution in [0.3, 0.4) is 0 Å². The van der Waals surface area contributed by atoms with Crippen LogP contribution in [0.4, 0.5) is 14.9 Å². The van der Waals surface area contributed by atoms with E-state index in [1.807, 2.05) is 11.1 Å². The van der Waals surface area contributed by atoms with Gasteiger partial charge in [-0.15, -0.1) is 0 Å². The summed E-state index contributed by atoms with van der Waals surface area (Å²) in [5.41, 5.74) is 2.84. The van der Waals surface area contributed by atoms with Gasteiger partial charge in [-0.3, -0.25) is 4.79 Å². The third-order valence-corrected chi connectivity index (χ3v) is 7.22. The Hall–Kier alpha value is -3.42. The van der Waals surface area contributed by atoms with Crippen molar-refractivity contribution in [2.45, 2.75) is 38.5 Å². The van der Waals surface area contributed by atoms with Gasteiger partial charge in [0.2, 0.25) is 0 Å². The smallest absolute Gasteiger partial charge is 0.321 e. The highest BCUT2D eigenvalue weighted by atomic mass is 19.1. The fourth-order valence-electron chi connectivity index (χ4n) is 4.97. The molecule has 5 rings (SSSR count). The third kappa shape index (κ3) is 4.49. The minimum Gasteiger partial charge on any atom is -0.339 e.